The summed E-state index contributed by atoms with van der Waals surface area (Å²) in [6.45, 7) is 0. The Hall–Kier alpha value is -0.300. The number of halogens is 1. The van der Waals surface area contributed by atoms with Crippen LogP contribution in [0.4, 0.5) is 0 Å². The minimum Gasteiger partial charge on any atom is -0.295 e. The molecule has 0 atom stereocenters. The number of unbranched alkanes of at least 4 members (excludes halogenated alkanes) is 1. The van der Waals surface area contributed by atoms with Crippen LogP contribution in [0.25, 0.3) is 0 Å². The van der Waals surface area contributed by atoms with Gasteiger partial charge in [0.15, 0.2) is 5.78 Å². The molecule has 0 unspecified atom stereocenters. The summed E-state index contributed by atoms with van der Waals surface area (Å²) >= 11 is 5.47. The van der Waals surface area contributed by atoms with Crippen molar-refractivity contribution >= 4 is 17.4 Å². The molecule has 0 spiro atoms. The average Bonchev–Trinajstić information content (AvgIpc) is 2.79. The van der Waals surface area contributed by atoms with Crippen LogP contribution in [0.2, 0.25) is 0 Å². The molecule has 11 heavy (non-hydrogen) atoms. The van der Waals surface area contributed by atoms with Crippen LogP contribution in [0, 0.1) is 5.92 Å². The maximum absolute atomic E-state index is 11.0. The van der Waals surface area contributed by atoms with Gasteiger partial charge in [0.05, 0.1) is 0 Å². The van der Waals surface area contributed by atoms with Crippen molar-refractivity contribution in [1.82, 2.24) is 0 Å². The molecule has 0 radical (unpaired) electrons. The molecule has 2 heteroatoms. The lowest BCUT2D eigenvalue weighted by Crippen LogP contribution is -1.93. The highest BCUT2D eigenvalue weighted by atomic mass is 35.5. The molecular weight excluding hydrogens is 160 g/mol. The Balaban J connectivity index is 2.07. The quantitative estimate of drug-likeness (QED) is 0.354. The lowest BCUT2D eigenvalue weighted by atomic mass is 10.2. The van der Waals surface area contributed by atoms with Crippen LogP contribution in [0.3, 0.4) is 0 Å². The summed E-state index contributed by atoms with van der Waals surface area (Å²) < 4.78 is 0. The zero-order valence-corrected chi connectivity index (χ0v) is 7.31. The van der Waals surface area contributed by atoms with E-state index in [9.17, 15) is 4.79 Å². The molecule has 0 aromatic carbocycles. The Morgan fingerprint density at radius 1 is 1.55 bits per heavy atom. The van der Waals surface area contributed by atoms with Crippen LogP contribution in [0.15, 0.2) is 12.2 Å². The van der Waals surface area contributed by atoms with Crippen molar-refractivity contribution < 1.29 is 4.79 Å². The van der Waals surface area contributed by atoms with Gasteiger partial charge in [0.25, 0.3) is 0 Å². The number of allylic oxidation sites excluding steroid dienone is 2. The predicted molar refractivity (Wildman–Crippen MR) is 46.8 cm³/mol. The minimum absolute atomic E-state index is 0.305. The second-order valence-corrected chi connectivity index (χ2v) is 3.29. The van der Waals surface area contributed by atoms with E-state index in [-0.39, 0.29) is 0 Å². The molecule has 1 nitrogen and oxygen atoms in total. The van der Waals surface area contributed by atoms with Crippen molar-refractivity contribution in [3.8, 4) is 0 Å². The van der Waals surface area contributed by atoms with E-state index in [1.807, 2.05) is 6.08 Å². The second-order valence-electron chi connectivity index (χ2n) is 2.91. The van der Waals surface area contributed by atoms with Gasteiger partial charge < -0.3 is 0 Å². The van der Waals surface area contributed by atoms with E-state index in [2.05, 4.69) is 0 Å². The number of alkyl halides is 1. The lowest BCUT2D eigenvalue weighted by molar-refractivity contribution is -0.115. The van der Waals surface area contributed by atoms with E-state index < -0.39 is 0 Å². The maximum Gasteiger partial charge on any atom is 0.158 e. The highest BCUT2D eigenvalue weighted by Gasteiger charge is 2.27. The van der Waals surface area contributed by atoms with Crippen molar-refractivity contribution in [2.45, 2.75) is 25.7 Å². The summed E-state index contributed by atoms with van der Waals surface area (Å²) in [5, 5.41) is 0. The average molecular weight is 173 g/mol. The molecule has 1 rings (SSSR count). The normalized spacial score (nSPS) is 17.5. The summed E-state index contributed by atoms with van der Waals surface area (Å²) in [6.07, 6.45) is 7.74. The number of carbonyl (C=O) groups is 1. The SMILES string of the molecule is O=C(/C=C/CCCCl)C1CC1. The zero-order valence-electron chi connectivity index (χ0n) is 6.55. The minimum atomic E-state index is 0.305. The number of hydrogen-bond acceptors (Lipinski definition) is 1. The summed E-state index contributed by atoms with van der Waals surface area (Å²) in [5.41, 5.74) is 0. The van der Waals surface area contributed by atoms with Crippen molar-refractivity contribution in [3.05, 3.63) is 12.2 Å². The van der Waals surface area contributed by atoms with Gasteiger partial charge in [0, 0.05) is 11.8 Å². The Kier molecular flexibility index (Phi) is 3.64. The van der Waals surface area contributed by atoms with Gasteiger partial charge in [-0.15, -0.1) is 11.6 Å². The van der Waals surface area contributed by atoms with E-state index in [1.165, 1.54) is 0 Å². The number of hydrogen-bond donors (Lipinski definition) is 0. The first-order valence-corrected chi connectivity index (χ1v) is 4.64. The van der Waals surface area contributed by atoms with Gasteiger partial charge in [0.1, 0.15) is 0 Å². The Morgan fingerprint density at radius 3 is 2.82 bits per heavy atom. The highest BCUT2D eigenvalue weighted by molar-refractivity contribution is 6.17. The van der Waals surface area contributed by atoms with Crippen LogP contribution in [-0.4, -0.2) is 11.7 Å². The van der Waals surface area contributed by atoms with Crippen LogP contribution >= 0.6 is 11.6 Å². The van der Waals surface area contributed by atoms with Crippen molar-refractivity contribution in [2.75, 3.05) is 5.88 Å². The molecular formula is C9H13ClO. The van der Waals surface area contributed by atoms with Crippen LogP contribution in [-0.2, 0) is 4.79 Å². The maximum atomic E-state index is 11.0. The molecule has 0 bridgehead atoms. The fourth-order valence-corrected chi connectivity index (χ4v) is 1.05. The third kappa shape index (κ3) is 3.57. The molecule has 0 amide bonds. The molecule has 0 aromatic heterocycles. The molecule has 0 saturated heterocycles. The predicted octanol–water partition coefficient (Wildman–Crippen LogP) is 2.54. The monoisotopic (exact) mass is 172 g/mol. The topological polar surface area (TPSA) is 17.1 Å². The molecule has 0 heterocycles. The molecule has 0 aromatic rings. The van der Waals surface area contributed by atoms with Gasteiger partial charge in [0.2, 0.25) is 0 Å². The van der Waals surface area contributed by atoms with Crippen molar-refractivity contribution in [3.63, 3.8) is 0 Å². The molecule has 62 valence electrons. The second kappa shape index (κ2) is 4.55. The standard InChI is InChI=1S/C9H13ClO/c10-7-3-1-2-4-9(11)8-5-6-8/h2,4,8H,1,3,5-7H2/b4-2+. The molecule has 1 aliphatic carbocycles. The molecule has 0 aliphatic heterocycles. The van der Waals surface area contributed by atoms with Crippen LogP contribution < -0.4 is 0 Å². The van der Waals surface area contributed by atoms with E-state index in [4.69, 9.17) is 11.6 Å². The van der Waals surface area contributed by atoms with E-state index in [0.29, 0.717) is 17.6 Å². The molecule has 1 fully saturated rings. The third-order valence-electron chi connectivity index (χ3n) is 1.77. The summed E-state index contributed by atoms with van der Waals surface area (Å²) in [5.74, 6) is 1.35. The van der Waals surface area contributed by atoms with Gasteiger partial charge in [-0.25, -0.2) is 0 Å². The summed E-state index contributed by atoms with van der Waals surface area (Å²) in [4.78, 5) is 11.0. The fourth-order valence-electron chi connectivity index (χ4n) is 0.898. The van der Waals surface area contributed by atoms with Gasteiger partial charge in [-0.1, -0.05) is 6.08 Å². The third-order valence-corrected chi connectivity index (χ3v) is 2.03. The zero-order chi connectivity index (χ0) is 8.10. The molecule has 1 saturated carbocycles. The van der Waals surface area contributed by atoms with E-state index in [0.717, 1.165) is 25.7 Å². The van der Waals surface area contributed by atoms with Crippen molar-refractivity contribution in [1.29, 1.82) is 0 Å². The van der Waals surface area contributed by atoms with Gasteiger partial charge in [-0.2, -0.15) is 0 Å². The number of ketones is 1. The Bertz CT molecular complexity index is 159. The first-order chi connectivity index (χ1) is 5.34. The number of carbonyl (C=O) groups excluding carboxylic acids is 1. The lowest BCUT2D eigenvalue weighted by Gasteiger charge is -1.87. The molecule has 1 aliphatic rings. The van der Waals surface area contributed by atoms with E-state index in [1.54, 1.807) is 6.08 Å². The summed E-state index contributed by atoms with van der Waals surface area (Å²) in [6, 6.07) is 0. The first-order valence-electron chi connectivity index (χ1n) is 4.11. The first kappa shape index (κ1) is 8.79. The summed E-state index contributed by atoms with van der Waals surface area (Å²) in [7, 11) is 0. The fraction of sp³-hybridized carbons (Fsp3) is 0.667. The van der Waals surface area contributed by atoms with Crippen molar-refractivity contribution in [2.24, 2.45) is 5.92 Å². The van der Waals surface area contributed by atoms with Gasteiger partial charge >= 0.3 is 0 Å². The van der Waals surface area contributed by atoms with E-state index >= 15 is 0 Å². The largest absolute Gasteiger partial charge is 0.295 e. The molecule has 0 N–H and O–H groups in total. The highest BCUT2D eigenvalue weighted by Crippen LogP contribution is 2.30. The van der Waals surface area contributed by atoms with Gasteiger partial charge in [-0.05, 0) is 31.8 Å². The Morgan fingerprint density at radius 2 is 2.27 bits per heavy atom. The Labute approximate surface area is 72.4 Å². The number of rotatable bonds is 5. The smallest absolute Gasteiger partial charge is 0.158 e. The van der Waals surface area contributed by atoms with Crippen LogP contribution in [0.5, 0.6) is 0 Å². The van der Waals surface area contributed by atoms with Gasteiger partial charge in [-0.3, -0.25) is 4.79 Å². The van der Waals surface area contributed by atoms with Crippen LogP contribution in [0.1, 0.15) is 25.7 Å².